The summed E-state index contributed by atoms with van der Waals surface area (Å²) in [7, 11) is 0. The Morgan fingerprint density at radius 3 is 2.97 bits per heavy atom. The lowest BCUT2D eigenvalue weighted by atomic mass is 9.97. The fourth-order valence-electron chi connectivity index (χ4n) is 4.62. The molecule has 0 aliphatic carbocycles. The van der Waals surface area contributed by atoms with Crippen molar-refractivity contribution >= 4 is 16.9 Å². The number of benzene rings is 2. The molecule has 2 bridgehead atoms. The van der Waals surface area contributed by atoms with Crippen LogP contribution in [0.4, 0.5) is 8.78 Å². The zero-order valence-electron chi connectivity index (χ0n) is 20.8. The summed E-state index contributed by atoms with van der Waals surface area (Å²) in [5, 5.41) is 0. The van der Waals surface area contributed by atoms with Gasteiger partial charge in [0.25, 0.3) is 5.91 Å². The van der Waals surface area contributed by atoms with Crippen LogP contribution in [0, 0.1) is 11.8 Å². The van der Waals surface area contributed by atoms with Gasteiger partial charge in [0.1, 0.15) is 11.6 Å². The standard InChI is InChI=1S/C25H23F2N3O3/c1-3-32-12-5-4-7-15-10-11-17-18(13-15)30-19-14-20(23(30)28-17)29(2)24(31)16-8-6-9-21(22(16)19)33-25(26)27/h6,8-11,13,19-20,25H,3,5,12,14H2,1-2H3/t19-,20-/m1/s1/i2D3. The minimum Gasteiger partial charge on any atom is -0.434 e. The normalized spacial score (nSPS) is 20.4. The molecule has 0 unspecified atom stereocenters. The molecule has 0 radical (unpaired) electrons. The highest BCUT2D eigenvalue weighted by molar-refractivity contribution is 5.97. The van der Waals surface area contributed by atoms with Gasteiger partial charge in [-0.1, -0.05) is 17.9 Å². The van der Waals surface area contributed by atoms with Crippen LogP contribution in [0.5, 0.6) is 5.75 Å². The summed E-state index contributed by atoms with van der Waals surface area (Å²) >= 11 is 0. The Hall–Kier alpha value is -3.44. The van der Waals surface area contributed by atoms with Crippen molar-refractivity contribution < 1.29 is 27.2 Å². The lowest BCUT2D eigenvalue weighted by Crippen LogP contribution is -2.30. The molecule has 0 fully saturated rings. The highest BCUT2D eigenvalue weighted by atomic mass is 19.3. The van der Waals surface area contributed by atoms with Crippen molar-refractivity contribution in [1.29, 1.82) is 0 Å². The molecule has 170 valence electrons. The molecular weight excluding hydrogens is 428 g/mol. The van der Waals surface area contributed by atoms with Gasteiger partial charge in [-0.25, -0.2) is 4.98 Å². The van der Waals surface area contributed by atoms with Crippen molar-refractivity contribution in [2.75, 3.05) is 20.2 Å². The molecule has 0 spiro atoms. The quantitative estimate of drug-likeness (QED) is 0.420. The Balaban J connectivity index is 1.69. The zero-order chi connectivity index (χ0) is 25.6. The maximum atomic E-state index is 13.4. The van der Waals surface area contributed by atoms with Crippen LogP contribution in [0.3, 0.4) is 0 Å². The molecule has 33 heavy (non-hydrogen) atoms. The second kappa shape index (κ2) is 8.49. The monoisotopic (exact) mass is 454 g/mol. The largest absolute Gasteiger partial charge is 0.434 e. The van der Waals surface area contributed by atoms with E-state index in [-0.39, 0.29) is 23.3 Å². The highest BCUT2D eigenvalue weighted by Gasteiger charge is 2.44. The van der Waals surface area contributed by atoms with Crippen LogP contribution < -0.4 is 4.74 Å². The SMILES string of the molecule is [2H]C([2H])([2H])N1C(=O)c2cccc(OC(F)F)c2[C@H]2C[C@@H]1c1nc3ccc(C#CCCOCC)cc3n12. The van der Waals surface area contributed by atoms with Gasteiger partial charge in [0.15, 0.2) is 0 Å². The molecule has 1 amide bonds. The highest BCUT2D eigenvalue weighted by Crippen LogP contribution is 2.49. The van der Waals surface area contributed by atoms with E-state index in [0.29, 0.717) is 36.5 Å². The Morgan fingerprint density at radius 2 is 2.18 bits per heavy atom. The lowest BCUT2D eigenvalue weighted by Gasteiger charge is -2.24. The van der Waals surface area contributed by atoms with Gasteiger partial charge in [-0.05, 0) is 37.3 Å². The fraction of sp³-hybridized carbons (Fsp3) is 0.360. The van der Waals surface area contributed by atoms with Gasteiger partial charge in [0.2, 0.25) is 0 Å². The van der Waals surface area contributed by atoms with E-state index in [1.54, 1.807) is 6.07 Å². The Morgan fingerprint density at radius 1 is 1.30 bits per heavy atom. The number of fused-ring (bicyclic) bond motifs is 9. The number of imidazole rings is 1. The number of aromatic nitrogens is 2. The molecule has 1 aromatic heterocycles. The van der Waals surface area contributed by atoms with Crippen LogP contribution in [0.2, 0.25) is 0 Å². The van der Waals surface area contributed by atoms with Crippen molar-refractivity contribution in [3.63, 3.8) is 0 Å². The maximum Gasteiger partial charge on any atom is 0.387 e. The number of hydrogen-bond acceptors (Lipinski definition) is 4. The lowest BCUT2D eigenvalue weighted by molar-refractivity contribution is -0.0507. The number of ether oxygens (including phenoxy) is 2. The van der Waals surface area contributed by atoms with Crippen molar-refractivity contribution in [3.8, 4) is 17.6 Å². The minimum absolute atomic E-state index is 0.0242. The molecule has 0 N–H and O–H groups in total. The van der Waals surface area contributed by atoms with Gasteiger partial charge in [0.05, 0.1) is 29.7 Å². The van der Waals surface area contributed by atoms with Crippen LogP contribution in [0.25, 0.3) is 11.0 Å². The fourth-order valence-corrected chi connectivity index (χ4v) is 4.62. The topological polar surface area (TPSA) is 56.6 Å². The van der Waals surface area contributed by atoms with Crippen molar-refractivity contribution in [1.82, 2.24) is 14.5 Å². The second-order valence-corrected chi connectivity index (χ2v) is 7.83. The molecule has 3 aromatic rings. The first-order chi connectivity index (χ1) is 17.2. The molecule has 3 heterocycles. The summed E-state index contributed by atoms with van der Waals surface area (Å²) in [4.78, 5) is 18.9. The van der Waals surface area contributed by atoms with Crippen LogP contribution in [-0.2, 0) is 4.74 Å². The van der Waals surface area contributed by atoms with Gasteiger partial charge < -0.3 is 18.9 Å². The molecule has 2 aliphatic rings. The van der Waals surface area contributed by atoms with E-state index in [4.69, 9.17) is 13.6 Å². The van der Waals surface area contributed by atoms with E-state index in [0.717, 1.165) is 10.5 Å². The number of alkyl halides is 2. The summed E-state index contributed by atoms with van der Waals surface area (Å²) in [6.07, 6.45) is 0.738. The van der Waals surface area contributed by atoms with E-state index < -0.39 is 31.6 Å². The Bertz CT molecular complexity index is 1390. The third kappa shape index (κ3) is 3.62. The summed E-state index contributed by atoms with van der Waals surface area (Å²) in [5.41, 5.74) is 2.24. The molecule has 2 atom stereocenters. The predicted molar refractivity (Wildman–Crippen MR) is 118 cm³/mol. The van der Waals surface area contributed by atoms with E-state index in [1.807, 2.05) is 23.6 Å². The molecule has 2 aromatic carbocycles. The third-order valence-corrected chi connectivity index (χ3v) is 5.96. The summed E-state index contributed by atoms with van der Waals surface area (Å²) in [5.74, 6) is 5.62. The first kappa shape index (κ1) is 18.0. The summed E-state index contributed by atoms with van der Waals surface area (Å²) in [6.45, 7) is -2.81. The van der Waals surface area contributed by atoms with Crippen LogP contribution >= 0.6 is 0 Å². The smallest absolute Gasteiger partial charge is 0.387 e. The molecule has 8 heteroatoms. The van der Waals surface area contributed by atoms with E-state index in [9.17, 15) is 13.6 Å². The van der Waals surface area contributed by atoms with Gasteiger partial charge in [0, 0.05) is 47.2 Å². The van der Waals surface area contributed by atoms with Crippen molar-refractivity contribution in [3.05, 3.63) is 58.9 Å². The average Bonchev–Trinajstić information content (AvgIpc) is 3.31. The van der Waals surface area contributed by atoms with Crippen LogP contribution in [0.1, 0.15) is 63.3 Å². The van der Waals surface area contributed by atoms with Gasteiger partial charge >= 0.3 is 6.61 Å². The number of carbonyl (C=O) groups is 1. The van der Waals surface area contributed by atoms with Crippen molar-refractivity contribution in [2.45, 2.75) is 38.5 Å². The zero-order valence-corrected chi connectivity index (χ0v) is 17.8. The molecule has 0 saturated heterocycles. The number of nitrogens with zero attached hydrogens (tertiary/aromatic N) is 3. The Kier molecular flexibility index (Phi) is 4.64. The first-order valence-corrected chi connectivity index (χ1v) is 10.7. The minimum atomic E-state index is -3.11. The number of amides is 1. The third-order valence-electron chi connectivity index (χ3n) is 5.96. The van der Waals surface area contributed by atoms with E-state index >= 15 is 0 Å². The van der Waals surface area contributed by atoms with Crippen molar-refractivity contribution in [2.24, 2.45) is 0 Å². The Labute approximate surface area is 194 Å². The van der Waals surface area contributed by atoms with Crippen LogP contribution in [0.15, 0.2) is 36.4 Å². The van der Waals surface area contributed by atoms with E-state index in [2.05, 4.69) is 16.8 Å². The first-order valence-electron chi connectivity index (χ1n) is 12.2. The van der Waals surface area contributed by atoms with Gasteiger partial charge in [-0.3, -0.25) is 4.79 Å². The number of hydrogen-bond donors (Lipinski definition) is 0. The average molecular weight is 454 g/mol. The second-order valence-electron chi connectivity index (χ2n) is 7.83. The molecule has 5 rings (SSSR count). The molecule has 0 saturated carbocycles. The number of halogens is 2. The van der Waals surface area contributed by atoms with Crippen LogP contribution in [-0.4, -0.2) is 47.2 Å². The summed E-state index contributed by atoms with van der Waals surface area (Å²) in [6, 6.07) is 8.17. The molecule has 6 nitrogen and oxygen atoms in total. The predicted octanol–water partition coefficient (Wildman–Crippen LogP) is 4.54. The maximum absolute atomic E-state index is 13.4. The number of rotatable bonds is 5. The summed E-state index contributed by atoms with van der Waals surface area (Å²) < 4.78 is 62.7. The number of carbonyl (C=O) groups excluding carboxylic acids is 1. The molecule has 2 aliphatic heterocycles. The van der Waals surface area contributed by atoms with E-state index in [1.165, 1.54) is 18.2 Å². The van der Waals surface area contributed by atoms with Gasteiger partial charge in [-0.2, -0.15) is 8.78 Å². The van der Waals surface area contributed by atoms with Gasteiger partial charge in [-0.15, -0.1) is 0 Å². The molecular formula is C25H23F2N3O3.